The van der Waals surface area contributed by atoms with Gasteiger partial charge in [-0.1, -0.05) is 25.3 Å². The summed E-state index contributed by atoms with van der Waals surface area (Å²) in [6.07, 6.45) is 7.57. The first-order valence-electron chi connectivity index (χ1n) is 10.2. The predicted molar refractivity (Wildman–Crippen MR) is 104 cm³/mol. The van der Waals surface area contributed by atoms with Crippen LogP contribution in [0, 0.1) is 0 Å². The highest BCUT2D eigenvalue weighted by atomic mass is 16.5. The van der Waals surface area contributed by atoms with Gasteiger partial charge in [0, 0.05) is 44.9 Å². The number of phenols is 1. The standard InChI is InChI=1S/C21H34N2O3/c1-2-26-21-14-17(8-9-20(21)25)15-22-11-12-23(19(16-22)10-13-24)18-6-4-3-5-7-18/h8-9,14,18-19,24-25H,2-7,10-13,15-16H2,1H3/t19-/m1/s1. The van der Waals surface area contributed by atoms with Crippen molar-refractivity contribution < 1.29 is 14.9 Å². The van der Waals surface area contributed by atoms with E-state index in [0.717, 1.165) is 32.6 Å². The molecule has 26 heavy (non-hydrogen) atoms. The molecule has 1 aliphatic heterocycles. The fourth-order valence-corrected chi connectivity index (χ4v) is 4.56. The zero-order chi connectivity index (χ0) is 18.4. The average Bonchev–Trinajstić information content (AvgIpc) is 2.66. The van der Waals surface area contributed by atoms with E-state index in [-0.39, 0.29) is 12.4 Å². The van der Waals surface area contributed by atoms with Gasteiger partial charge in [-0.05, 0) is 43.9 Å². The van der Waals surface area contributed by atoms with E-state index in [9.17, 15) is 10.2 Å². The van der Waals surface area contributed by atoms with Gasteiger partial charge in [0.1, 0.15) is 0 Å². The molecule has 0 bridgehead atoms. The number of benzene rings is 1. The van der Waals surface area contributed by atoms with E-state index >= 15 is 0 Å². The van der Waals surface area contributed by atoms with Gasteiger partial charge in [0.15, 0.2) is 11.5 Å². The van der Waals surface area contributed by atoms with Crippen molar-refractivity contribution in [2.45, 2.75) is 64.1 Å². The van der Waals surface area contributed by atoms with Crippen LogP contribution in [0.15, 0.2) is 18.2 Å². The first-order valence-corrected chi connectivity index (χ1v) is 10.2. The second-order valence-electron chi connectivity index (χ2n) is 7.67. The minimum absolute atomic E-state index is 0.205. The molecule has 1 heterocycles. The monoisotopic (exact) mass is 362 g/mol. The summed E-state index contributed by atoms with van der Waals surface area (Å²) in [7, 11) is 0. The summed E-state index contributed by atoms with van der Waals surface area (Å²) in [4.78, 5) is 5.15. The maximum atomic E-state index is 9.89. The van der Waals surface area contributed by atoms with Crippen molar-refractivity contribution in [1.82, 2.24) is 9.80 Å². The number of nitrogens with zero attached hydrogens (tertiary/aromatic N) is 2. The minimum atomic E-state index is 0.205. The Bertz CT molecular complexity index is 560. The first-order chi connectivity index (χ1) is 12.7. The third kappa shape index (κ3) is 4.90. The number of aliphatic hydroxyl groups excluding tert-OH is 1. The number of phenolic OH excluding ortho intramolecular Hbond substituents is 1. The third-order valence-electron chi connectivity index (χ3n) is 5.85. The molecule has 0 amide bonds. The molecule has 2 fully saturated rings. The quantitative estimate of drug-likeness (QED) is 0.781. The van der Waals surface area contributed by atoms with Crippen molar-refractivity contribution in [2.24, 2.45) is 0 Å². The second-order valence-corrected chi connectivity index (χ2v) is 7.67. The fraction of sp³-hybridized carbons (Fsp3) is 0.714. The van der Waals surface area contributed by atoms with Gasteiger partial charge in [0.05, 0.1) is 6.61 Å². The van der Waals surface area contributed by atoms with Crippen LogP contribution in [-0.4, -0.2) is 64.9 Å². The lowest BCUT2D eigenvalue weighted by Crippen LogP contribution is -2.56. The molecule has 2 N–H and O–H groups in total. The first kappa shape index (κ1) is 19.5. The molecule has 2 aliphatic rings. The van der Waals surface area contributed by atoms with Crippen LogP contribution >= 0.6 is 0 Å². The van der Waals surface area contributed by atoms with Crippen LogP contribution in [-0.2, 0) is 6.54 Å². The number of hydrogen-bond donors (Lipinski definition) is 2. The molecule has 5 heteroatoms. The zero-order valence-corrected chi connectivity index (χ0v) is 16.1. The Morgan fingerprint density at radius 3 is 2.69 bits per heavy atom. The summed E-state index contributed by atoms with van der Waals surface area (Å²) in [5.41, 5.74) is 1.17. The number of ether oxygens (including phenoxy) is 1. The molecular formula is C21H34N2O3. The van der Waals surface area contributed by atoms with E-state index in [1.54, 1.807) is 6.07 Å². The number of rotatable bonds is 7. The average molecular weight is 363 g/mol. The SMILES string of the molecule is CCOc1cc(CN2CCN(C3CCCCC3)[C@H](CCO)C2)ccc1O. The lowest BCUT2D eigenvalue weighted by molar-refractivity contribution is 0.0136. The summed E-state index contributed by atoms with van der Waals surface area (Å²) in [5.74, 6) is 0.772. The van der Waals surface area contributed by atoms with Gasteiger partial charge in [-0.15, -0.1) is 0 Å². The Morgan fingerprint density at radius 1 is 1.15 bits per heavy atom. The summed E-state index contributed by atoms with van der Waals surface area (Å²) in [6, 6.07) is 6.81. The molecular weight excluding hydrogens is 328 g/mol. The number of aromatic hydroxyl groups is 1. The smallest absolute Gasteiger partial charge is 0.161 e. The highest BCUT2D eigenvalue weighted by Gasteiger charge is 2.32. The molecule has 1 aromatic rings. The second kappa shape index (κ2) is 9.58. The maximum absolute atomic E-state index is 9.89. The Morgan fingerprint density at radius 2 is 1.96 bits per heavy atom. The number of piperazine rings is 1. The van der Waals surface area contributed by atoms with Crippen LogP contribution in [0.5, 0.6) is 11.5 Å². The van der Waals surface area contributed by atoms with Crippen LogP contribution in [0.3, 0.4) is 0 Å². The van der Waals surface area contributed by atoms with E-state index in [4.69, 9.17) is 4.74 Å². The number of aliphatic hydroxyl groups is 1. The topological polar surface area (TPSA) is 56.2 Å². The van der Waals surface area contributed by atoms with Crippen LogP contribution in [0.4, 0.5) is 0 Å². The van der Waals surface area contributed by atoms with E-state index < -0.39 is 0 Å². The van der Waals surface area contributed by atoms with Gasteiger partial charge in [-0.25, -0.2) is 0 Å². The Labute approximate surface area is 157 Å². The zero-order valence-electron chi connectivity index (χ0n) is 16.1. The molecule has 5 nitrogen and oxygen atoms in total. The third-order valence-corrected chi connectivity index (χ3v) is 5.85. The summed E-state index contributed by atoms with van der Waals surface area (Å²) < 4.78 is 5.51. The molecule has 0 aromatic heterocycles. The van der Waals surface area contributed by atoms with Gasteiger partial charge in [-0.3, -0.25) is 9.80 Å². The Hall–Kier alpha value is -1.30. The highest BCUT2D eigenvalue weighted by Crippen LogP contribution is 2.29. The maximum Gasteiger partial charge on any atom is 0.161 e. The van der Waals surface area contributed by atoms with Crippen LogP contribution < -0.4 is 4.74 Å². The number of hydrogen-bond acceptors (Lipinski definition) is 5. The normalized spacial score (nSPS) is 23.2. The van der Waals surface area contributed by atoms with Crippen LogP contribution in [0.25, 0.3) is 0 Å². The Kier molecular flexibility index (Phi) is 7.17. The van der Waals surface area contributed by atoms with Crippen molar-refractivity contribution >= 4 is 0 Å². The molecule has 146 valence electrons. The summed E-state index contributed by atoms with van der Waals surface area (Å²) in [5, 5.41) is 19.4. The molecule has 1 aromatic carbocycles. The van der Waals surface area contributed by atoms with Crippen molar-refractivity contribution in [3.8, 4) is 11.5 Å². The van der Waals surface area contributed by atoms with E-state index in [1.165, 1.54) is 37.7 Å². The largest absolute Gasteiger partial charge is 0.504 e. The molecule has 1 atom stereocenters. The van der Waals surface area contributed by atoms with Crippen LogP contribution in [0.2, 0.25) is 0 Å². The molecule has 1 saturated carbocycles. The van der Waals surface area contributed by atoms with Gasteiger partial charge < -0.3 is 14.9 Å². The van der Waals surface area contributed by atoms with E-state index in [0.29, 0.717) is 24.4 Å². The van der Waals surface area contributed by atoms with Crippen molar-refractivity contribution in [3.63, 3.8) is 0 Å². The van der Waals surface area contributed by atoms with Crippen molar-refractivity contribution in [2.75, 3.05) is 32.8 Å². The molecule has 0 spiro atoms. The summed E-state index contributed by atoms with van der Waals surface area (Å²) in [6.45, 7) is 6.75. The van der Waals surface area contributed by atoms with Gasteiger partial charge >= 0.3 is 0 Å². The van der Waals surface area contributed by atoms with E-state index in [1.807, 2.05) is 19.1 Å². The van der Waals surface area contributed by atoms with Gasteiger partial charge in [-0.2, -0.15) is 0 Å². The minimum Gasteiger partial charge on any atom is -0.504 e. The molecule has 1 saturated heterocycles. The molecule has 1 aliphatic carbocycles. The summed E-state index contributed by atoms with van der Waals surface area (Å²) >= 11 is 0. The molecule has 3 rings (SSSR count). The molecule has 0 unspecified atom stereocenters. The lowest BCUT2D eigenvalue weighted by atomic mass is 9.91. The highest BCUT2D eigenvalue weighted by molar-refractivity contribution is 5.41. The van der Waals surface area contributed by atoms with Crippen molar-refractivity contribution in [1.29, 1.82) is 0 Å². The molecule has 0 radical (unpaired) electrons. The van der Waals surface area contributed by atoms with E-state index in [2.05, 4.69) is 9.80 Å². The predicted octanol–water partition coefficient (Wildman–Crippen LogP) is 2.99. The van der Waals surface area contributed by atoms with Gasteiger partial charge in [0.2, 0.25) is 0 Å². The Balaban J connectivity index is 1.62. The van der Waals surface area contributed by atoms with Crippen LogP contribution in [0.1, 0.15) is 51.0 Å². The van der Waals surface area contributed by atoms with Crippen molar-refractivity contribution in [3.05, 3.63) is 23.8 Å². The van der Waals surface area contributed by atoms with Gasteiger partial charge in [0.25, 0.3) is 0 Å². The fourth-order valence-electron chi connectivity index (χ4n) is 4.56. The lowest BCUT2D eigenvalue weighted by Gasteiger charge is -2.46.